The van der Waals surface area contributed by atoms with E-state index in [4.69, 9.17) is 16.7 Å². The van der Waals surface area contributed by atoms with E-state index < -0.39 is 44.5 Å². The van der Waals surface area contributed by atoms with E-state index in [1.54, 1.807) is 6.92 Å². The Morgan fingerprint density at radius 3 is 2.43 bits per heavy atom. The molecule has 1 aromatic carbocycles. The highest BCUT2D eigenvalue weighted by Crippen LogP contribution is 2.36. The summed E-state index contributed by atoms with van der Waals surface area (Å²) < 4.78 is 64.2. The SMILES string of the molecule is C[C@@H]1CN(S(=O)(=O)c2cc(C(F)(F)F)ccc2Cl)C[C@H]1C(=O)O. The predicted octanol–water partition coefficient (Wildman–Crippen LogP) is 2.70. The number of hydrogen-bond acceptors (Lipinski definition) is 3. The van der Waals surface area contributed by atoms with E-state index in [9.17, 15) is 26.4 Å². The summed E-state index contributed by atoms with van der Waals surface area (Å²) in [5.41, 5.74) is -1.14. The van der Waals surface area contributed by atoms with E-state index >= 15 is 0 Å². The summed E-state index contributed by atoms with van der Waals surface area (Å²) in [6.45, 7) is 1.18. The third-order valence-electron chi connectivity index (χ3n) is 3.77. The summed E-state index contributed by atoms with van der Waals surface area (Å²) in [6, 6.07) is 2.02. The number of hydrogen-bond donors (Lipinski definition) is 1. The third-order valence-corrected chi connectivity index (χ3v) is 6.09. The van der Waals surface area contributed by atoms with Crippen LogP contribution < -0.4 is 0 Å². The highest BCUT2D eigenvalue weighted by molar-refractivity contribution is 7.89. The molecule has 0 aliphatic carbocycles. The molecule has 1 fully saturated rings. The van der Waals surface area contributed by atoms with Crippen LogP contribution in [0.15, 0.2) is 23.1 Å². The summed E-state index contributed by atoms with van der Waals surface area (Å²) in [4.78, 5) is 10.4. The number of alkyl halides is 3. The fraction of sp³-hybridized carbons (Fsp3) is 0.462. The molecule has 1 heterocycles. The molecule has 1 saturated heterocycles. The van der Waals surface area contributed by atoms with Crippen LogP contribution in [-0.4, -0.2) is 36.9 Å². The minimum absolute atomic E-state index is 0.0914. The molecule has 1 aliphatic rings. The second-order valence-corrected chi connectivity index (χ2v) is 7.70. The smallest absolute Gasteiger partial charge is 0.416 e. The molecular formula is C13H13ClF3NO4S. The van der Waals surface area contributed by atoms with Crippen molar-refractivity contribution in [3.63, 3.8) is 0 Å². The van der Waals surface area contributed by atoms with E-state index in [1.807, 2.05) is 0 Å². The Morgan fingerprint density at radius 2 is 1.96 bits per heavy atom. The van der Waals surface area contributed by atoms with Crippen LogP contribution in [0.25, 0.3) is 0 Å². The lowest BCUT2D eigenvalue weighted by Gasteiger charge is -2.18. The van der Waals surface area contributed by atoms with Crippen molar-refractivity contribution in [3.8, 4) is 0 Å². The van der Waals surface area contributed by atoms with Gasteiger partial charge in [-0.05, 0) is 24.1 Å². The summed E-state index contributed by atoms with van der Waals surface area (Å²) in [6.07, 6.45) is -4.71. The van der Waals surface area contributed by atoms with Crippen molar-refractivity contribution in [2.75, 3.05) is 13.1 Å². The number of benzene rings is 1. The van der Waals surface area contributed by atoms with Gasteiger partial charge in [0.2, 0.25) is 10.0 Å². The topological polar surface area (TPSA) is 74.7 Å². The molecule has 0 aromatic heterocycles. The maximum Gasteiger partial charge on any atom is 0.416 e. The van der Waals surface area contributed by atoms with E-state index in [1.165, 1.54) is 0 Å². The quantitative estimate of drug-likeness (QED) is 0.886. The molecule has 0 unspecified atom stereocenters. The lowest BCUT2D eigenvalue weighted by molar-refractivity contribution is -0.142. The maximum atomic E-state index is 12.8. The zero-order chi connectivity index (χ0) is 17.6. The van der Waals surface area contributed by atoms with Gasteiger partial charge in [0, 0.05) is 13.1 Å². The van der Waals surface area contributed by atoms with Crippen LogP contribution in [0.5, 0.6) is 0 Å². The molecule has 0 spiro atoms. The first kappa shape index (κ1) is 18.0. The van der Waals surface area contributed by atoms with Gasteiger partial charge in [-0.2, -0.15) is 17.5 Å². The first-order chi connectivity index (χ1) is 10.4. The third kappa shape index (κ3) is 3.46. The molecule has 1 aromatic rings. The minimum Gasteiger partial charge on any atom is -0.481 e. The molecule has 2 rings (SSSR count). The normalized spacial score (nSPS) is 23.2. The van der Waals surface area contributed by atoms with Crippen LogP contribution in [-0.2, 0) is 21.0 Å². The predicted molar refractivity (Wildman–Crippen MR) is 75.5 cm³/mol. The van der Waals surface area contributed by atoms with Gasteiger partial charge in [-0.15, -0.1) is 0 Å². The van der Waals surface area contributed by atoms with E-state index in [-0.39, 0.29) is 18.1 Å². The molecule has 5 nitrogen and oxygen atoms in total. The Bertz CT molecular complexity index is 735. The molecule has 2 atom stereocenters. The first-order valence-electron chi connectivity index (χ1n) is 6.54. The second-order valence-electron chi connectivity index (χ2n) is 5.39. The zero-order valence-electron chi connectivity index (χ0n) is 11.8. The number of carbonyl (C=O) groups is 1. The Kier molecular flexibility index (Phi) is 4.67. The van der Waals surface area contributed by atoms with Crippen molar-refractivity contribution in [3.05, 3.63) is 28.8 Å². The minimum atomic E-state index is -4.71. The Morgan fingerprint density at radius 1 is 1.35 bits per heavy atom. The van der Waals surface area contributed by atoms with Crippen molar-refractivity contribution in [2.24, 2.45) is 11.8 Å². The second kappa shape index (κ2) is 5.95. The van der Waals surface area contributed by atoms with Gasteiger partial charge in [-0.3, -0.25) is 4.79 Å². The maximum absolute atomic E-state index is 12.8. The number of carboxylic acids is 1. The summed E-state index contributed by atoms with van der Waals surface area (Å²) in [5, 5.41) is 8.70. The zero-order valence-corrected chi connectivity index (χ0v) is 13.4. The number of nitrogens with zero attached hydrogens (tertiary/aromatic N) is 1. The molecule has 10 heteroatoms. The largest absolute Gasteiger partial charge is 0.481 e. The fourth-order valence-electron chi connectivity index (χ4n) is 2.46. The highest BCUT2D eigenvalue weighted by Gasteiger charge is 2.42. The standard InChI is InChI=1S/C13H13ClF3NO4S/c1-7-5-18(6-9(7)12(19)20)23(21,22)11-4-8(13(15,16)17)2-3-10(11)14/h2-4,7,9H,5-6H2,1H3,(H,19,20)/t7-,9-/m1/s1. The van der Waals surface area contributed by atoms with E-state index in [2.05, 4.69) is 0 Å². The van der Waals surface area contributed by atoms with Gasteiger partial charge in [0.15, 0.2) is 0 Å². The van der Waals surface area contributed by atoms with Crippen LogP contribution >= 0.6 is 11.6 Å². The van der Waals surface area contributed by atoms with Crippen molar-refractivity contribution in [1.82, 2.24) is 4.31 Å². The summed E-state index contributed by atoms with van der Waals surface area (Å²) >= 11 is 5.76. The van der Waals surface area contributed by atoms with Crippen molar-refractivity contribution in [1.29, 1.82) is 0 Å². The Hall–Kier alpha value is -1.32. The van der Waals surface area contributed by atoms with Gasteiger partial charge in [0.1, 0.15) is 4.90 Å². The van der Waals surface area contributed by atoms with Crippen LogP contribution in [0.2, 0.25) is 5.02 Å². The molecular weight excluding hydrogens is 359 g/mol. The lowest BCUT2D eigenvalue weighted by Crippen LogP contribution is -2.30. The number of aliphatic carboxylic acids is 1. The molecule has 0 amide bonds. The summed E-state index contributed by atoms with van der Waals surface area (Å²) in [7, 11) is -4.31. The molecule has 0 saturated carbocycles. The average molecular weight is 372 g/mol. The molecule has 0 bridgehead atoms. The molecule has 1 N–H and O–H groups in total. The molecule has 1 aliphatic heterocycles. The van der Waals surface area contributed by atoms with Crippen LogP contribution in [0.4, 0.5) is 13.2 Å². The van der Waals surface area contributed by atoms with Gasteiger partial charge in [-0.1, -0.05) is 18.5 Å². The van der Waals surface area contributed by atoms with Gasteiger partial charge in [-0.25, -0.2) is 8.42 Å². The van der Waals surface area contributed by atoms with E-state index in [0.717, 1.165) is 10.4 Å². The molecule has 128 valence electrons. The van der Waals surface area contributed by atoms with Crippen molar-refractivity contribution >= 4 is 27.6 Å². The van der Waals surface area contributed by atoms with Crippen molar-refractivity contribution < 1.29 is 31.5 Å². The van der Waals surface area contributed by atoms with Gasteiger partial charge in [0.25, 0.3) is 0 Å². The number of halogens is 4. The molecule has 23 heavy (non-hydrogen) atoms. The van der Waals surface area contributed by atoms with Gasteiger partial charge >= 0.3 is 12.1 Å². The fourth-order valence-corrected chi connectivity index (χ4v) is 4.52. The number of rotatable bonds is 3. The van der Waals surface area contributed by atoms with Crippen LogP contribution in [0.1, 0.15) is 12.5 Å². The van der Waals surface area contributed by atoms with Crippen LogP contribution in [0.3, 0.4) is 0 Å². The average Bonchev–Trinajstić information content (AvgIpc) is 2.80. The monoisotopic (exact) mass is 371 g/mol. The summed E-state index contributed by atoms with van der Waals surface area (Å²) in [5.74, 6) is -2.51. The lowest BCUT2D eigenvalue weighted by atomic mass is 9.99. The first-order valence-corrected chi connectivity index (χ1v) is 8.36. The van der Waals surface area contributed by atoms with Gasteiger partial charge in [0.05, 0.1) is 16.5 Å². The Balaban J connectivity index is 2.43. The molecule has 0 radical (unpaired) electrons. The van der Waals surface area contributed by atoms with Gasteiger partial charge < -0.3 is 5.11 Å². The number of carboxylic acid groups (broad SMARTS) is 1. The number of sulfonamides is 1. The Labute approximate surface area is 135 Å². The van der Waals surface area contributed by atoms with E-state index in [0.29, 0.717) is 12.1 Å². The highest BCUT2D eigenvalue weighted by atomic mass is 35.5. The van der Waals surface area contributed by atoms with Crippen LogP contribution in [0, 0.1) is 11.8 Å². The van der Waals surface area contributed by atoms with Crippen molar-refractivity contribution in [2.45, 2.75) is 18.0 Å².